The summed E-state index contributed by atoms with van der Waals surface area (Å²) in [4.78, 5) is 18.5. The number of benzene rings is 1. The molecule has 0 radical (unpaired) electrons. The maximum absolute atomic E-state index is 12.4. The van der Waals surface area contributed by atoms with Crippen LogP contribution < -0.4 is 9.47 Å². The van der Waals surface area contributed by atoms with Gasteiger partial charge in [-0.15, -0.1) is 11.3 Å². The van der Waals surface area contributed by atoms with Crippen LogP contribution in [0.5, 0.6) is 11.5 Å². The van der Waals surface area contributed by atoms with Crippen molar-refractivity contribution in [3.63, 3.8) is 0 Å². The van der Waals surface area contributed by atoms with E-state index in [1.807, 2.05) is 36.7 Å². The Hall–Kier alpha value is -2.34. The minimum absolute atomic E-state index is 0.0342. The van der Waals surface area contributed by atoms with E-state index >= 15 is 0 Å². The number of methoxy groups -OCH3 is 2. The summed E-state index contributed by atoms with van der Waals surface area (Å²) < 4.78 is 10.6. The molecule has 0 N–H and O–H groups in total. The van der Waals surface area contributed by atoms with Gasteiger partial charge in [0.15, 0.2) is 11.5 Å². The Bertz CT molecular complexity index is 767. The van der Waals surface area contributed by atoms with Crippen LogP contribution in [0.4, 0.5) is 0 Å². The van der Waals surface area contributed by atoms with E-state index < -0.39 is 0 Å². The molecule has 0 atom stereocenters. The predicted octanol–water partition coefficient (Wildman–Crippen LogP) is 3.02. The summed E-state index contributed by atoms with van der Waals surface area (Å²) in [6, 6.07) is 3.85. The molecule has 0 bridgehead atoms. The highest BCUT2D eigenvalue weighted by molar-refractivity contribution is 7.09. The third-order valence-electron chi connectivity index (χ3n) is 3.74. The van der Waals surface area contributed by atoms with Crippen molar-refractivity contribution in [1.82, 2.24) is 9.88 Å². The molecule has 6 heteroatoms. The molecule has 120 valence electrons. The number of carbonyl (C=O) groups is 1. The number of amides is 1. The first-order valence-corrected chi connectivity index (χ1v) is 8.12. The van der Waals surface area contributed by atoms with Crippen LogP contribution in [0.15, 0.2) is 23.7 Å². The maximum Gasteiger partial charge on any atom is 0.232 e. The summed E-state index contributed by atoms with van der Waals surface area (Å²) in [6.07, 6.45) is 4.05. The van der Waals surface area contributed by atoms with E-state index in [4.69, 9.17) is 9.47 Å². The molecule has 5 nitrogen and oxygen atoms in total. The van der Waals surface area contributed by atoms with Crippen molar-refractivity contribution >= 4 is 23.3 Å². The van der Waals surface area contributed by atoms with E-state index in [-0.39, 0.29) is 5.91 Å². The van der Waals surface area contributed by atoms with Gasteiger partial charge in [0, 0.05) is 11.6 Å². The second-order valence-electron chi connectivity index (χ2n) is 5.28. The van der Waals surface area contributed by atoms with Gasteiger partial charge >= 0.3 is 0 Å². The second kappa shape index (κ2) is 6.42. The highest BCUT2D eigenvalue weighted by Crippen LogP contribution is 2.33. The molecular formula is C17H18N2O3S. The maximum atomic E-state index is 12.4. The number of nitrogens with zero attached hydrogens (tertiary/aromatic N) is 2. The SMILES string of the molecule is COc1cc2c(cc1OC)CN(C(=O)Cc1csc(C)n1)C=C2. The summed E-state index contributed by atoms with van der Waals surface area (Å²) in [5.74, 6) is 1.39. The van der Waals surface area contributed by atoms with E-state index in [1.54, 1.807) is 30.5 Å². The number of hydrogen-bond acceptors (Lipinski definition) is 5. The van der Waals surface area contributed by atoms with E-state index in [2.05, 4.69) is 4.98 Å². The van der Waals surface area contributed by atoms with E-state index in [9.17, 15) is 4.79 Å². The van der Waals surface area contributed by atoms with Crippen molar-refractivity contribution in [2.24, 2.45) is 0 Å². The molecule has 0 aliphatic carbocycles. The van der Waals surface area contributed by atoms with Gasteiger partial charge in [0.05, 0.1) is 37.9 Å². The van der Waals surface area contributed by atoms with Crippen LogP contribution in [-0.4, -0.2) is 30.0 Å². The predicted molar refractivity (Wildman–Crippen MR) is 89.7 cm³/mol. The van der Waals surface area contributed by atoms with Gasteiger partial charge in [0.25, 0.3) is 0 Å². The molecular weight excluding hydrogens is 312 g/mol. The van der Waals surface area contributed by atoms with Crippen LogP contribution >= 0.6 is 11.3 Å². The zero-order valence-electron chi connectivity index (χ0n) is 13.3. The molecule has 0 fully saturated rings. The number of carbonyl (C=O) groups excluding carboxylic acids is 1. The fourth-order valence-corrected chi connectivity index (χ4v) is 3.17. The summed E-state index contributed by atoms with van der Waals surface area (Å²) in [7, 11) is 3.22. The number of aromatic nitrogens is 1. The molecule has 0 spiro atoms. The standard InChI is InChI=1S/C17H18N2O3S/c1-11-18-14(10-23-11)8-17(20)19-5-4-12-6-15(21-2)16(22-3)7-13(12)9-19/h4-7,10H,8-9H2,1-3H3. The van der Waals surface area contributed by atoms with Crippen LogP contribution in [0.1, 0.15) is 21.8 Å². The smallest absolute Gasteiger partial charge is 0.232 e. The largest absolute Gasteiger partial charge is 0.493 e. The van der Waals surface area contributed by atoms with Crippen molar-refractivity contribution in [3.05, 3.63) is 45.5 Å². The van der Waals surface area contributed by atoms with Gasteiger partial charge in [-0.25, -0.2) is 4.98 Å². The van der Waals surface area contributed by atoms with Gasteiger partial charge in [-0.05, 0) is 36.3 Å². The van der Waals surface area contributed by atoms with E-state index in [0.29, 0.717) is 24.5 Å². The molecule has 2 aromatic rings. The highest BCUT2D eigenvalue weighted by atomic mass is 32.1. The number of hydrogen-bond donors (Lipinski definition) is 0. The third kappa shape index (κ3) is 3.22. The van der Waals surface area contributed by atoms with Crippen molar-refractivity contribution in [3.8, 4) is 11.5 Å². The van der Waals surface area contributed by atoms with Crippen molar-refractivity contribution < 1.29 is 14.3 Å². The topological polar surface area (TPSA) is 51.7 Å². The van der Waals surface area contributed by atoms with Gasteiger partial charge in [-0.3, -0.25) is 4.79 Å². The second-order valence-corrected chi connectivity index (χ2v) is 6.34. The highest BCUT2D eigenvalue weighted by Gasteiger charge is 2.20. The monoisotopic (exact) mass is 330 g/mol. The number of ether oxygens (including phenoxy) is 2. The van der Waals surface area contributed by atoms with Crippen LogP contribution in [0.3, 0.4) is 0 Å². The zero-order valence-corrected chi connectivity index (χ0v) is 14.1. The Labute approximate surface area is 139 Å². The molecule has 0 saturated carbocycles. The number of rotatable bonds is 4. The quantitative estimate of drug-likeness (QED) is 0.865. The minimum atomic E-state index is 0.0342. The Morgan fingerprint density at radius 3 is 2.70 bits per heavy atom. The lowest BCUT2D eigenvalue weighted by Gasteiger charge is -2.24. The van der Waals surface area contributed by atoms with Crippen LogP contribution in [-0.2, 0) is 17.8 Å². The number of fused-ring (bicyclic) bond motifs is 1. The fraction of sp³-hybridized carbons (Fsp3) is 0.294. The molecule has 2 heterocycles. The van der Waals surface area contributed by atoms with Gasteiger partial charge < -0.3 is 14.4 Å². The van der Waals surface area contributed by atoms with Crippen molar-refractivity contribution in [2.75, 3.05) is 14.2 Å². The molecule has 0 unspecified atom stereocenters. The summed E-state index contributed by atoms with van der Waals surface area (Å²) in [6.45, 7) is 2.46. The Kier molecular flexibility index (Phi) is 4.34. The molecule has 3 rings (SSSR count). The summed E-state index contributed by atoms with van der Waals surface area (Å²) >= 11 is 1.56. The van der Waals surface area contributed by atoms with Gasteiger partial charge in [-0.1, -0.05) is 0 Å². The van der Waals surface area contributed by atoms with Crippen LogP contribution in [0.2, 0.25) is 0 Å². The zero-order chi connectivity index (χ0) is 16.4. The van der Waals surface area contributed by atoms with E-state index in [1.165, 1.54) is 0 Å². The fourth-order valence-electron chi connectivity index (χ4n) is 2.55. The lowest BCUT2D eigenvalue weighted by Crippen LogP contribution is -2.28. The first-order chi connectivity index (χ1) is 11.1. The molecule has 23 heavy (non-hydrogen) atoms. The molecule has 1 aromatic carbocycles. The third-order valence-corrected chi connectivity index (χ3v) is 4.56. The van der Waals surface area contributed by atoms with Crippen molar-refractivity contribution in [2.45, 2.75) is 19.9 Å². The Morgan fingerprint density at radius 1 is 1.30 bits per heavy atom. The normalized spacial score (nSPS) is 12.9. The van der Waals surface area contributed by atoms with Crippen molar-refractivity contribution in [1.29, 1.82) is 0 Å². The minimum Gasteiger partial charge on any atom is -0.493 e. The van der Waals surface area contributed by atoms with Crippen LogP contribution in [0, 0.1) is 6.92 Å². The number of aryl methyl sites for hydroxylation is 1. The Morgan fingerprint density at radius 2 is 2.04 bits per heavy atom. The molecule has 1 aromatic heterocycles. The molecule has 1 amide bonds. The van der Waals surface area contributed by atoms with Gasteiger partial charge in [-0.2, -0.15) is 0 Å². The summed E-state index contributed by atoms with van der Waals surface area (Å²) in [5, 5.41) is 2.91. The molecule has 0 saturated heterocycles. The number of thiazole rings is 1. The Balaban J connectivity index is 1.78. The lowest BCUT2D eigenvalue weighted by molar-refractivity contribution is -0.128. The van der Waals surface area contributed by atoms with Crippen LogP contribution in [0.25, 0.3) is 6.08 Å². The molecule has 1 aliphatic heterocycles. The van der Waals surface area contributed by atoms with Gasteiger partial charge in [0.1, 0.15) is 0 Å². The molecule has 1 aliphatic rings. The first-order valence-electron chi connectivity index (χ1n) is 7.24. The average Bonchev–Trinajstić information content (AvgIpc) is 2.97. The van der Waals surface area contributed by atoms with E-state index in [0.717, 1.165) is 21.8 Å². The first kappa shape index (κ1) is 15.6. The lowest BCUT2D eigenvalue weighted by atomic mass is 10.0. The average molecular weight is 330 g/mol. The van der Waals surface area contributed by atoms with Gasteiger partial charge in [0.2, 0.25) is 5.91 Å². The summed E-state index contributed by atoms with van der Waals surface area (Å²) in [5.41, 5.74) is 2.90.